The minimum Gasteiger partial charge on any atom is -0.493 e. The molecule has 1 fully saturated rings. The zero-order chi connectivity index (χ0) is 20.9. The van der Waals surface area contributed by atoms with Crippen LogP contribution in [0.2, 0.25) is 0 Å². The van der Waals surface area contributed by atoms with Crippen LogP contribution in [0.25, 0.3) is 11.0 Å². The number of nitrogens with zero attached hydrogens (tertiary/aromatic N) is 1. The quantitative estimate of drug-likeness (QED) is 0.460. The van der Waals surface area contributed by atoms with Crippen molar-refractivity contribution in [1.29, 1.82) is 0 Å². The summed E-state index contributed by atoms with van der Waals surface area (Å²) in [5, 5.41) is 8.72. The second kappa shape index (κ2) is 10.8. The Bertz CT molecular complexity index is 994. The highest BCUT2D eigenvalue weighted by Gasteiger charge is 2.30. The number of ether oxygens (including phenoxy) is 2. The van der Waals surface area contributed by atoms with Crippen molar-refractivity contribution in [3.63, 3.8) is 0 Å². The normalized spacial score (nSPS) is 18.5. The predicted molar refractivity (Wildman–Crippen MR) is 122 cm³/mol. The van der Waals surface area contributed by atoms with Gasteiger partial charge in [0.25, 0.3) is 0 Å². The highest BCUT2D eigenvalue weighted by Crippen LogP contribution is 2.37. The molecule has 2 atom stereocenters. The number of halogens is 2. The average Bonchev–Trinajstić information content (AvgIpc) is 3.19. The smallest absolute Gasteiger partial charge is 0.170 e. The van der Waals surface area contributed by atoms with Gasteiger partial charge in [-0.05, 0) is 74.5 Å². The predicted octanol–water partition coefficient (Wildman–Crippen LogP) is 5.51. The van der Waals surface area contributed by atoms with E-state index in [2.05, 4.69) is 23.5 Å². The molecule has 0 spiro atoms. The number of piperidine rings is 1. The van der Waals surface area contributed by atoms with Crippen LogP contribution in [0.1, 0.15) is 43.4 Å². The van der Waals surface area contributed by atoms with E-state index in [0.717, 1.165) is 61.4 Å². The number of fused-ring (bicyclic) bond motifs is 1. The first-order valence-electron chi connectivity index (χ1n) is 10.7. The molecule has 0 saturated carbocycles. The summed E-state index contributed by atoms with van der Waals surface area (Å²) < 4.78 is 30.4. The number of methoxy groups -OCH3 is 1. The lowest BCUT2D eigenvalue weighted by molar-refractivity contribution is 0.246. The van der Waals surface area contributed by atoms with Gasteiger partial charge in [0.1, 0.15) is 5.82 Å². The number of nitrogens with one attached hydrogen (secondary N) is 1. The van der Waals surface area contributed by atoms with Crippen LogP contribution in [0.3, 0.4) is 0 Å². The van der Waals surface area contributed by atoms with Crippen molar-refractivity contribution in [3.8, 4) is 11.5 Å². The van der Waals surface area contributed by atoms with Gasteiger partial charge in [0.05, 0.1) is 19.4 Å². The maximum Gasteiger partial charge on any atom is 0.170 e. The molecule has 2 aromatic carbocycles. The molecular weight excluding hydrogens is 419 g/mol. The minimum atomic E-state index is -0.299. The van der Waals surface area contributed by atoms with E-state index in [4.69, 9.17) is 14.0 Å². The van der Waals surface area contributed by atoms with Gasteiger partial charge in [0.2, 0.25) is 0 Å². The molecule has 1 aliphatic heterocycles. The third-order valence-corrected chi connectivity index (χ3v) is 6.03. The van der Waals surface area contributed by atoms with Gasteiger partial charge < -0.3 is 19.3 Å². The summed E-state index contributed by atoms with van der Waals surface area (Å²) in [6.45, 7) is 4.65. The van der Waals surface area contributed by atoms with Gasteiger partial charge in [-0.15, -0.1) is 12.4 Å². The van der Waals surface area contributed by atoms with Gasteiger partial charge in [-0.1, -0.05) is 18.1 Å². The van der Waals surface area contributed by atoms with E-state index >= 15 is 0 Å². The highest BCUT2D eigenvalue weighted by molar-refractivity contribution is 5.85. The molecule has 0 bridgehead atoms. The van der Waals surface area contributed by atoms with Crippen LogP contribution >= 0.6 is 12.4 Å². The lowest BCUT2D eigenvalue weighted by Gasteiger charge is -2.31. The minimum absolute atomic E-state index is 0. The number of aryl methyl sites for hydroxylation is 1. The first-order chi connectivity index (χ1) is 14.7. The monoisotopic (exact) mass is 448 g/mol. The van der Waals surface area contributed by atoms with Crippen LogP contribution in [0, 0.1) is 11.7 Å². The van der Waals surface area contributed by atoms with Crippen LogP contribution in [0.15, 0.2) is 40.9 Å². The van der Waals surface area contributed by atoms with Gasteiger partial charge in [0.15, 0.2) is 17.1 Å². The zero-order valence-electron chi connectivity index (χ0n) is 18.0. The summed E-state index contributed by atoms with van der Waals surface area (Å²) >= 11 is 0. The van der Waals surface area contributed by atoms with Gasteiger partial charge in [-0.25, -0.2) is 4.39 Å². The fourth-order valence-corrected chi connectivity index (χ4v) is 4.36. The van der Waals surface area contributed by atoms with Crippen molar-refractivity contribution in [2.75, 3.05) is 26.8 Å². The third-order valence-electron chi connectivity index (χ3n) is 6.03. The van der Waals surface area contributed by atoms with Gasteiger partial charge in [-0.3, -0.25) is 0 Å². The number of hydrogen-bond acceptors (Lipinski definition) is 5. The Morgan fingerprint density at radius 3 is 2.87 bits per heavy atom. The summed E-state index contributed by atoms with van der Waals surface area (Å²) in [7, 11) is 1.67. The number of rotatable bonds is 8. The first kappa shape index (κ1) is 23.4. The van der Waals surface area contributed by atoms with Crippen molar-refractivity contribution < 1.29 is 18.4 Å². The molecular formula is C24H30ClFN2O3. The SMILES string of the molecule is CCc1ccc(OCCCC2CNCCC2c2noc3cc(F)ccc23)c(OC)c1.Cl. The topological polar surface area (TPSA) is 56.5 Å². The summed E-state index contributed by atoms with van der Waals surface area (Å²) in [6, 6.07) is 10.8. The van der Waals surface area contributed by atoms with Crippen LogP contribution in [-0.2, 0) is 6.42 Å². The molecule has 31 heavy (non-hydrogen) atoms. The van der Waals surface area contributed by atoms with E-state index in [0.29, 0.717) is 24.0 Å². The molecule has 0 radical (unpaired) electrons. The highest BCUT2D eigenvalue weighted by atomic mass is 35.5. The van der Waals surface area contributed by atoms with Crippen molar-refractivity contribution in [2.24, 2.45) is 5.92 Å². The van der Waals surface area contributed by atoms with Crippen LogP contribution in [0.5, 0.6) is 11.5 Å². The van der Waals surface area contributed by atoms with E-state index in [-0.39, 0.29) is 18.2 Å². The lowest BCUT2D eigenvalue weighted by atomic mass is 9.80. The summed E-state index contributed by atoms with van der Waals surface area (Å²) in [6.07, 6.45) is 3.92. The van der Waals surface area contributed by atoms with Gasteiger partial charge >= 0.3 is 0 Å². The molecule has 0 aliphatic carbocycles. The Morgan fingerprint density at radius 1 is 1.19 bits per heavy atom. The van der Waals surface area contributed by atoms with Crippen molar-refractivity contribution in [3.05, 3.63) is 53.5 Å². The maximum atomic E-state index is 13.5. The Balaban J connectivity index is 0.00000272. The largest absolute Gasteiger partial charge is 0.493 e. The Kier molecular flexibility index (Phi) is 8.15. The molecule has 168 valence electrons. The van der Waals surface area contributed by atoms with Gasteiger partial charge in [-0.2, -0.15) is 0 Å². The number of benzene rings is 2. The van der Waals surface area contributed by atoms with Crippen molar-refractivity contribution >= 4 is 23.4 Å². The van der Waals surface area contributed by atoms with E-state index in [1.807, 2.05) is 12.1 Å². The molecule has 4 rings (SSSR count). The Morgan fingerprint density at radius 2 is 2.06 bits per heavy atom. The van der Waals surface area contributed by atoms with Crippen molar-refractivity contribution in [1.82, 2.24) is 10.5 Å². The van der Waals surface area contributed by atoms with Gasteiger partial charge in [0, 0.05) is 17.4 Å². The van der Waals surface area contributed by atoms with E-state index in [1.54, 1.807) is 13.2 Å². The molecule has 3 aromatic rings. The van der Waals surface area contributed by atoms with Crippen LogP contribution in [-0.4, -0.2) is 32.0 Å². The number of aromatic nitrogens is 1. The second-order valence-electron chi connectivity index (χ2n) is 7.90. The molecule has 0 amide bonds. The summed E-state index contributed by atoms with van der Waals surface area (Å²) in [5.41, 5.74) is 2.71. The van der Waals surface area contributed by atoms with E-state index < -0.39 is 0 Å². The summed E-state index contributed by atoms with van der Waals surface area (Å²) in [5.74, 6) is 2.01. The van der Waals surface area contributed by atoms with Crippen LogP contribution < -0.4 is 14.8 Å². The first-order valence-corrected chi connectivity index (χ1v) is 10.7. The van der Waals surface area contributed by atoms with E-state index in [9.17, 15) is 4.39 Å². The standard InChI is InChI=1S/C24H29FN2O3.ClH/c1-3-16-6-9-21(23(13-16)28-2)29-12-4-5-17-15-26-11-10-19(17)24-20-8-7-18(25)14-22(20)30-27-24;/h6-9,13-14,17,19,26H,3-5,10-12,15H2,1-2H3;1H. The fraction of sp³-hybridized carbons (Fsp3) is 0.458. The molecule has 1 aliphatic rings. The van der Waals surface area contributed by atoms with E-state index in [1.165, 1.54) is 17.7 Å². The lowest BCUT2D eigenvalue weighted by Crippen LogP contribution is -2.35. The molecule has 1 saturated heterocycles. The summed E-state index contributed by atoms with van der Waals surface area (Å²) in [4.78, 5) is 0. The molecule has 5 nitrogen and oxygen atoms in total. The Hall–Kier alpha value is -2.31. The maximum absolute atomic E-state index is 13.5. The molecule has 2 heterocycles. The molecule has 1 aromatic heterocycles. The van der Waals surface area contributed by atoms with Crippen LogP contribution in [0.4, 0.5) is 4.39 Å². The Labute approximate surface area is 188 Å². The fourth-order valence-electron chi connectivity index (χ4n) is 4.36. The third kappa shape index (κ3) is 5.31. The molecule has 2 unspecified atom stereocenters. The molecule has 1 N–H and O–H groups in total. The molecule has 7 heteroatoms. The second-order valence-corrected chi connectivity index (χ2v) is 7.90. The number of hydrogen-bond donors (Lipinski definition) is 1. The van der Waals surface area contributed by atoms with Crippen molar-refractivity contribution in [2.45, 2.75) is 38.5 Å². The average molecular weight is 449 g/mol. The zero-order valence-corrected chi connectivity index (χ0v) is 18.8.